The van der Waals surface area contributed by atoms with E-state index in [2.05, 4.69) is 10.0 Å². The van der Waals surface area contributed by atoms with E-state index in [1.54, 1.807) is 30.3 Å². The average Bonchev–Trinajstić information content (AvgIpc) is 2.55. The van der Waals surface area contributed by atoms with E-state index in [1.165, 1.54) is 19.2 Å². The highest BCUT2D eigenvalue weighted by Crippen LogP contribution is 2.12. The monoisotopic (exact) mass is 336 g/mol. The standard InChI is InChI=1S/C17H21FN2O2S/c1-13(10-14-6-8-16(18)9-7-14)20-12-15-4-3-5-17(11-15)23(21,22)19-2/h3-9,11,13,19-20H,10,12H2,1-2H3/t13-/m1/s1. The predicted molar refractivity (Wildman–Crippen MR) is 89.1 cm³/mol. The lowest BCUT2D eigenvalue weighted by atomic mass is 10.1. The topological polar surface area (TPSA) is 58.2 Å². The van der Waals surface area contributed by atoms with Gasteiger partial charge in [-0.2, -0.15) is 0 Å². The largest absolute Gasteiger partial charge is 0.310 e. The molecule has 0 fully saturated rings. The van der Waals surface area contributed by atoms with Crippen molar-refractivity contribution in [1.82, 2.24) is 10.0 Å². The maximum Gasteiger partial charge on any atom is 0.240 e. The summed E-state index contributed by atoms with van der Waals surface area (Å²) in [4.78, 5) is 0.255. The van der Waals surface area contributed by atoms with Crippen molar-refractivity contribution >= 4 is 10.0 Å². The zero-order valence-electron chi connectivity index (χ0n) is 13.2. The molecule has 1 atom stereocenters. The van der Waals surface area contributed by atoms with Gasteiger partial charge in [-0.1, -0.05) is 24.3 Å². The van der Waals surface area contributed by atoms with Crippen LogP contribution in [0.1, 0.15) is 18.1 Å². The van der Waals surface area contributed by atoms with E-state index in [1.807, 2.05) is 13.0 Å². The fourth-order valence-corrected chi connectivity index (χ4v) is 3.08. The van der Waals surface area contributed by atoms with Gasteiger partial charge < -0.3 is 5.32 Å². The molecule has 0 amide bonds. The van der Waals surface area contributed by atoms with Crippen molar-refractivity contribution in [2.45, 2.75) is 30.8 Å². The van der Waals surface area contributed by atoms with E-state index >= 15 is 0 Å². The van der Waals surface area contributed by atoms with Crippen molar-refractivity contribution in [3.8, 4) is 0 Å². The summed E-state index contributed by atoms with van der Waals surface area (Å²) < 4.78 is 38.8. The van der Waals surface area contributed by atoms with E-state index in [-0.39, 0.29) is 16.8 Å². The average molecular weight is 336 g/mol. The van der Waals surface area contributed by atoms with Crippen molar-refractivity contribution in [3.63, 3.8) is 0 Å². The Kier molecular flexibility index (Phi) is 5.87. The van der Waals surface area contributed by atoms with Crippen LogP contribution in [0, 0.1) is 5.82 Å². The third kappa shape index (κ3) is 5.13. The highest BCUT2D eigenvalue weighted by molar-refractivity contribution is 7.89. The van der Waals surface area contributed by atoms with Gasteiger partial charge >= 0.3 is 0 Å². The van der Waals surface area contributed by atoms with E-state index in [9.17, 15) is 12.8 Å². The highest BCUT2D eigenvalue weighted by atomic mass is 32.2. The number of sulfonamides is 1. The molecule has 0 spiro atoms. The van der Waals surface area contributed by atoms with Gasteiger partial charge in [0.15, 0.2) is 0 Å². The molecule has 23 heavy (non-hydrogen) atoms. The molecular weight excluding hydrogens is 315 g/mol. The fourth-order valence-electron chi connectivity index (χ4n) is 2.28. The Hall–Kier alpha value is -1.76. The summed E-state index contributed by atoms with van der Waals surface area (Å²) in [6.45, 7) is 2.60. The van der Waals surface area contributed by atoms with Crippen LogP contribution in [-0.2, 0) is 23.0 Å². The van der Waals surface area contributed by atoms with Crippen molar-refractivity contribution in [2.24, 2.45) is 0 Å². The van der Waals surface area contributed by atoms with Gasteiger partial charge in [0.05, 0.1) is 4.90 Å². The van der Waals surface area contributed by atoms with E-state index in [0.29, 0.717) is 6.54 Å². The van der Waals surface area contributed by atoms with E-state index < -0.39 is 10.0 Å². The summed E-state index contributed by atoms with van der Waals surface area (Å²) >= 11 is 0. The van der Waals surface area contributed by atoms with Gasteiger partial charge in [-0.15, -0.1) is 0 Å². The van der Waals surface area contributed by atoms with Gasteiger partial charge in [0.2, 0.25) is 10.0 Å². The van der Waals surface area contributed by atoms with E-state index in [4.69, 9.17) is 0 Å². The number of hydrogen-bond acceptors (Lipinski definition) is 3. The number of hydrogen-bond donors (Lipinski definition) is 2. The minimum atomic E-state index is -3.43. The Bertz CT molecular complexity index is 745. The first-order chi connectivity index (χ1) is 10.9. The van der Waals surface area contributed by atoms with Crippen molar-refractivity contribution in [2.75, 3.05) is 7.05 Å². The lowest BCUT2D eigenvalue weighted by Gasteiger charge is -2.14. The minimum absolute atomic E-state index is 0.185. The summed E-state index contributed by atoms with van der Waals surface area (Å²) in [6.07, 6.45) is 0.773. The van der Waals surface area contributed by atoms with Gasteiger partial charge in [-0.25, -0.2) is 17.5 Å². The predicted octanol–water partition coefficient (Wildman–Crippen LogP) is 2.45. The molecule has 0 saturated carbocycles. The zero-order valence-corrected chi connectivity index (χ0v) is 14.0. The van der Waals surface area contributed by atoms with Crippen molar-refractivity contribution in [1.29, 1.82) is 0 Å². The first-order valence-electron chi connectivity index (χ1n) is 7.41. The normalized spacial score (nSPS) is 13.0. The molecule has 0 aliphatic rings. The second-order valence-electron chi connectivity index (χ2n) is 5.47. The van der Waals surface area contributed by atoms with Crippen LogP contribution in [0.4, 0.5) is 4.39 Å². The summed E-state index contributed by atoms with van der Waals surface area (Å²) in [7, 11) is -2.03. The van der Waals surface area contributed by atoms with Gasteiger partial charge in [0.25, 0.3) is 0 Å². The zero-order chi connectivity index (χ0) is 16.9. The summed E-state index contributed by atoms with van der Waals surface area (Å²) in [5.74, 6) is -0.239. The van der Waals surface area contributed by atoms with Crippen molar-refractivity contribution in [3.05, 3.63) is 65.5 Å². The Labute approximate surface area is 136 Å². The smallest absolute Gasteiger partial charge is 0.240 e. The third-order valence-electron chi connectivity index (χ3n) is 3.59. The molecule has 0 aliphatic carbocycles. The van der Waals surface area contributed by atoms with Gasteiger partial charge in [-0.05, 0) is 55.8 Å². The van der Waals surface area contributed by atoms with Crippen LogP contribution >= 0.6 is 0 Å². The van der Waals surface area contributed by atoms with Gasteiger partial charge in [0, 0.05) is 12.6 Å². The molecule has 6 heteroatoms. The molecule has 0 aliphatic heterocycles. The van der Waals surface area contributed by atoms with Crippen LogP contribution < -0.4 is 10.0 Å². The Morgan fingerprint density at radius 1 is 1.09 bits per heavy atom. The van der Waals surface area contributed by atoms with E-state index in [0.717, 1.165) is 17.5 Å². The first kappa shape index (κ1) is 17.6. The molecule has 2 aromatic carbocycles. The molecule has 0 unspecified atom stereocenters. The molecule has 2 aromatic rings. The first-order valence-corrected chi connectivity index (χ1v) is 8.89. The molecular formula is C17H21FN2O2S. The number of benzene rings is 2. The summed E-state index contributed by atoms with van der Waals surface area (Å²) in [5, 5.41) is 3.35. The second kappa shape index (κ2) is 7.68. The quantitative estimate of drug-likeness (QED) is 0.816. The molecule has 0 aromatic heterocycles. The van der Waals surface area contributed by atoms with Crippen LogP contribution in [0.3, 0.4) is 0 Å². The highest BCUT2D eigenvalue weighted by Gasteiger charge is 2.11. The molecule has 0 saturated heterocycles. The number of halogens is 1. The van der Waals surface area contributed by atoms with Gasteiger partial charge in [0.1, 0.15) is 5.82 Å². The van der Waals surface area contributed by atoms with Gasteiger partial charge in [-0.3, -0.25) is 0 Å². The SMILES string of the molecule is CNS(=O)(=O)c1cccc(CN[C@H](C)Cc2ccc(F)cc2)c1. The molecule has 0 heterocycles. The maximum atomic E-state index is 12.9. The lowest BCUT2D eigenvalue weighted by molar-refractivity contribution is 0.544. The Balaban J connectivity index is 1.95. The number of nitrogens with one attached hydrogen (secondary N) is 2. The van der Waals surface area contributed by atoms with Crippen LogP contribution in [-0.4, -0.2) is 21.5 Å². The molecule has 2 N–H and O–H groups in total. The van der Waals surface area contributed by atoms with Crippen molar-refractivity contribution < 1.29 is 12.8 Å². The number of rotatable bonds is 7. The van der Waals surface area contributed by atoms with Crippen LogP contribution in [0.2, 0.25) is 0 Å². The third-order valence-corrected chi connectivity index (χ3v) is 5.00. The maximum absolute atomic E-state index is 12.9. The van der Waals surface area contributed by atoms with Crippen LogP contribution in [0.5, 0.6) is 0 Å². The molecule has 2 rings (SSSR count). The molecule has 4 nitrogen and oxygen atoms in total. The summed E-state index contributed by atoms with van der Waals surface area (Å²) in [5.41, 5.74) is 1.95. The molecule has 124 valence electrons. The molecule has 0 bridgehead atoms. The molecule has 0 radical (unpaired) electrons. The van der Waals surface area contributed by atoms with Crippen LogP contribution in [0.15, 0.2) is 53.4 Å². The minimum Gasteiger partial charge on any atom is -0.310 e. The van der Waals surface area contributed by atoms with Crippen LogP contribution in [0.25, 0.3) is 0 Å². The lowest BCUT2D eigenvalue weighted by Crippen LogP contribution is -2.27. The fraction of sp³-hybridized carbons (Fsp3) is 0.294. The second-order valence-corrected chi connectivity index (χ2v) is 7.35. The Morgan fingerprint density at radius 2 is 1.78 bits per heavy atom. The Morgan fingerprint density at radius 3 is 2.43 bits per heavy atom. The summed E-state index contributed by atoms with van der Waals surface area (Å²) in [6, 6.07) is 13.5.